The third-order valence-electron chi connectivity index (χ3n) is 15.5. The van der Waals surface area contributed by atoms with Crippen LogP contribution in [-0.4, -0.2) is 85.9 Å². The molecule has 0 spiro atoms. The van der Waals surface area contributed by atoms with E-state index in [0.29, 0.717) is 60.2 Å². The van der Waals surface area contributed by atoms with Crippen molar-refractivity contribution < 1.29 is 28.7 Å². The van der Waals surface area contributed by atoms with Crippen LogP contribution in [0.2, 0.25) is 10.0 Å². The second-order valence-corrected chi connectivity index (χ2v) is 21.0. The summed E-state index contributed by atoms with van der Waals surface area (Å²) in [5.41, 5.74) is 10.6. The van der Waals surface area contributed by atoms with Crippen LogP contribution in [0.4, 0.5) is 11.4 Å². The van der Waals surface area contributed by atoms with Crippen molar-refractivity contribution in [3.8, 4) is 11.5 Å². The van der Waals surface area contributed by atoms with Crippen LogP contribution in [0, 0.1) is 0 Å². The normalized spacial score (nSPS) is 15.5. The van der Waals surface area contributed by atoms with Crippen LogP contribution < -0.4 is 19.3 Å². The van der Waals surface area contributed by atoms with Crippen molar-refractivity contribution in [1.29, 1.82) is 0 Å². The summed E-state index contributed by atoms with van der Waals surface area (Å²) in [6.45, 7) is 6.12. The van der Waals surface area contributed by atoms with Gasteiger partial charge in [0.2, 0.25) is 0 Å². The van der Waals surface area contributed by atoms with E-state index >= 15 is 9.59 Å². The molecule has 0 fully saturated rings. The van der Waals surface area contributed by atoms with E-state index in [0.717, 1.165) is 126 Å². The minimum absolute atomic E-state index is 0.0759. The lowest BCUT2D eigenvalue weighted by Gasteiger charge is -2.28. The standard InChI is InChI=1S/C62H64Cl2N4O6/c63-49-21-25-51(26-22-49)67(37-9-35-65-39-31-43-11-1-2-12-44(43)32-40-65)59(69)55-29-19-47-15-5-7-17-53(47)57(55)73-61(71)62(72)74-58-54-18-8-6-16-48(54)20-30-56(58)60(70)68(52-27-23-50(64)24-28-52)38-10-36-66-41-33-45-13-3-4-14-46(45)34-42-66/h1-4,11-14,19-30H,5-10,15-18,31-42H2. The van der Waals surface area contributed by atoms with Gasteiger partial charge in [-0.05, 0) is 208 Å². The smallest absolute Gasteiger partial charge is 0.417 e. The Morgan fingerprint density at radius 3 is 1.14 bits per heavy atom. The molecule has 0 saturated carbocycles. The molecular formula is C62H64Cl2N4O6. The van der Waals surface area contributed by atoms with E-state index in [1.807, 2.05) is 36.4 Å². The number of carbonyl (C=O) groups is 4. The van der Waals surface area contributed by atoms with Crippen molar-refractivity contribution in [3.05, 3.63) is 187 Å². The number of aryl methyl sites for hydroxylation is 2. The predicted molar refractivity (Wildman–Crippen MR) is 294 cm³/mol. The lowest BCUT2D eigenvalue weighted by Crippen LogP contribution is -2.36. The maximum absolute atomic E-state index is 15.1. The van der Waals surface area contributed by atoms with Gasteiger partial charge in [0.1, 0.15) is 11.5 Å². The summed E-state index contributed by atoms with van der Waals surface area (Å²) < 4.78 is 12.3. The van der Waals surface area contributed by atoms with Crippen molar-refractivity contribution in [1.82, 2.24) is 9.80 Å². The van der Waals surface area contributed by atoms with Gasteiger partial charge in [-0.2, -0.15) is 0 Å². The van der Waals surface area contributed by atoms with Crippen molar-refractivity contribution in [2.24, 2.45) is 0 Å². The number of esters is 2. The molecule has 2 aliphatic carbocycles. The molecule has 0 N–H and O–H groups in total. The zero-order chi connectivity index (χ0) is 51.0. The summed E-state index contributed by atoms with van der Waals surface area (Å²) >= 11 is 12.7. The molecule has 0 aromatic heterocycles. The molecule has 0 radical (unpaired) electrons. The second-order valence-electron chi connectivity index (χ2n) is 20.1. The van der Waals surface area contributed by atoms with E-state index in [-0.39, 0.29) is 34.4 Å². The Hall–Kier alpha value is -6.30. The van der Waals surface area contributed by atoms with E-state index in [4.69, 9.17) is 32.7 Å². The molecule has 2 heterocycles. The van der Waals surface area contributed by atoms with Crippen LogP contribution in [0.15, 0.2) is 121 Å². The second kappa shape index (κ2) is 23.9. The average molecular weight is 1030 g/mol. The number of halogens is 2. The molecule has 4 aliphatic rings. The number of ether oxygens (including phenoxy) is 2. The Bertz CT molecular complexity index is 2760. The van der Waals surface area contributed by atoms with E-state index in [2.05, 4.69) is 58.3 Å². The first kappa shape index (κ1) is 51.2. The number of hydrogen-bond donors (Lipinski definition) is 0. The average Bonchev–Trinajstić information content (AvgIpc) is 3.78. The van der Waals surface area contributed by atoms with Crippen molar-refractivity contribution in [3.63, 3.8) is 0 Å². The van der Waals surface area contributed by atoms with Gasteiger partial charge >= 0.3 is 11.9 Å². The minimum Gasteiger partial charge on any atom is -0.417 e. The van der Waals surface area contributed by atoms with Crippen molar-refractivity contribution in [2.75, 3.05) is 62.2 Å². The molecule has 74 heavy (non-hydrogen) atoms. The number of benzene rings is 6. The van der Waals surface area contributed by atoms with Crippen LogP contribution >= 0.6 is 23.2 Å². The molecule has 6 aromatic rings. The highest BCUT2D eigenvalue weighted by Crippen LogP contribution is 2.38. The van der Waals surface area contributed by atoms with Gasteiger partial charge in [0.15, 0.2) is 0 Å². The molecule has 2 amide bonds. The highest BCUT2D eigenvalue weighted by atomic mass is 35.5. The molecule has 10 nitrogen and oxygen atoms in total. The topological polar surface area (TPSA) is 99.7 Å². The van der Waals surface area contributed by atoms with Crippen LogP contribution in [0.1, 0.15) is 104 Å². The summed E-state index contributed by atoms with van der Waals surface area (Å²) in [6.07, 6.45) is 11.5. The number of amides is 2. The number of nitrogens with zero attached hydrogens (tertiary/aromatic N) is 4. The first-order chi connectivity index (χ1) is 36.2. The Morgan fingerprint density at radius 1 is 0.419 bits per heavy atom. The third kappa shape index (κ3) is 12.0. The summed E-state index contributed by atoms with van der Waals surface area (Å²) in [4.78, 5) is 67.3. The zero-order valence-corrected chi connectivity index (χ0v) is 43.6. The quantitative estimate of drug-likeness (QED) is 0.0604. The van der Waals surface area contributed by atoms with Gasteiger partial charge in [-0.3, -0.25) is 9.59 Å². The maximum Gasteiger partial charge on any atom is 0.423 e. The summed E-state index contributed by atoms with van der Waals surface area (Å²) in [5.74, 6) is -3.08. The van der Waals surface area contributed by atoms with Gasteiger partial charge in [0.05, 0.1) is 11.1 Å². The Morgan fingerprint density at radius 2 is 0.770 bits per heavy atom. The molecule has 0 bridgehead atoms. The Kier molecular flexibility index (Phi) is 16.6. The number of anilines is 2. The predicted octanol–water partition coefficient (Wildman–Crippen LogP) is 11.5. The fourth-order valence-electron chi connectivity index (χ4n) is 11.4. The molecular weight excluding hydrogens is 968 g/mol. The molecule has 0 atom stereocenters. The highest BCUT2D eigenvalue weighted by Gasteiger charge is 2.33. The maximum atomic E-state index is 15.1. The van der Waals surface area contributed by atoms with E-state index in [1.54, 1.807) is 46.2 Å². The van der Waals surface area contributed by atoms with Gasteiger partial charge in [0, 0.05) is 60.7 Å². The van der Waals surface area contributed by atoms with Crippen LogP contribution in [0.25, 0.3) is 0 Å². The molecule has 10 rings (SSSR count). The number of hydrogen-bond acceptors (Lipinski definition) is 8. The van der Waals surface area contributed by atoms with Gasteiger partial charge in [-0.1, -0.05) is 83.9 Å². The largest absolute Gasteiger partial charge is 0.423 e. The molecule has 0 unspecified atom stereocenters. The minimum atomic E-state index is -1.26. The SMILES string of the molecule is O=C(Oc1c(C(=O)N(CCCN2CCc3ccccc3CC2)c2ccc(Cl)cc2)ccc2c1CCCC2)C(=O)Oc1c(C(=O)N(CCCN2CCc3ccccc3CC2)c2ccc(Cl)cc2)ccc2c1CCCC2. The van der Waals surface area contributed by atoms with Crippen LogP contribution in [0.5, 0.6) is 11.5 Å². The molecule has 2 aliphatic heterocycles. The fraction of sp³-hybridized carbons (Fsp3) is 0.355. The van der Waals surface area contributed by atoms with E-state index in [1.165, 1.54) is 22.3 Å². The van der Waals surface area contributed by atoms with Gasteiger partial charge in [0.25, 0.3) is 11.8 Å². The van der Waals surface area contributed by atoms with Gasteiger partial charge in [-0.25, -0.2) is 9.59 Å². The molecule has 12 heteroatoms. The van der Waals surface area contributed by atoms with Crippen LogP contribution in [0.3, 0.4) is 0 Å². The molecule has 0 saturated heterocycles. The summed E-state index contributed by atoms with van der Waals surface area (Å²) in [7, 11) is 0. The summed E-state index contributed by atoms with van der Waals surface area (Å²) in [6, 6.07) is 38.9. The Labute approximate surface area is 445 Å². The fourth-order valence-corrected chi connectivity index (χ4v) is 11.7. The first-order valence-electron chi connectivity index (χ1n) is 26.6. The zero-order valence-electron chi connectivity index (χ0n) is 42.1. The summed E-state index contributed by atoms with van der Waals surface area (Å²) in [5, 5.41) is 1.09. The number of fused-ring (bicyclic) bond motifs is 4. The van der Waals surface area contributed by atoms with E-state index < -0.39 is 11.9 Å². The first-order valence-corrected chi connectivity index (χ1v) is 27.4. The monoisotopic (exact) mass is 1030 g/mol. The van der Waals surface area contributed by atoms with Crippen LogP contribution in [-0.2, 0) is 61.0 Å². The molecule has 382 valence electrons. The Balaban J connectivity index is 0.894. The van der Waals surface area contributed by atoms with Gasteiger partial charge in [-0.15, -0.1) is 0 Å². The number of rotatable bonds is 14. The molecule has 6 aromatic carbocycles. The highest BCUT2D eigenvalue weighted by molar-refractivity contribution is 6.32. The lowest BCUT2D eigenvalue weighted by atomic mass is 9.89. The lowest BCUT2D eigenvalue weighted by molar-refractivity contribution is -0.156. The third-order valence-corrected chi connectivity index (χ3v) is 16.0. The van der Waals surface area contributed by atoms with Gasteiger partial charge < -0.3 is 29.1 Å². The number of carbonyl (C=O) groups excluding carboxylic acids is 4. The van der Waals surface area contributed by atoms with E-state index in [9.17, 15) is 9.59 Å². The van der Waals surface area contributed by atoms with Crippen molar-refractivity contribution in [2.45, 2.75) is 89.9 Å². The van der Waals surface area contributed by atoms with Crippen molar-refractivity contribution >= 4 is 58.3 Å².